The van der Waals surface area contributed by atoms with Gasteiger partial charge in [0.25, 0.3) is 0 Å². The fourth-order valence-corrected chi connectivity index (χ4v) is 3.07. The molecular formula is C17H23N3. The van der Waals surface area contributed by atoms with E-state index in [0.29, 0.717) is 6.04 Å². The van der Waals surface area contributed by atoms with Gasteiger partial charge in [-0.15, -0.1) is 0 Å². The molecule has 0 radical (unpaired) electrons. The van der Waals surface area contributed by atoms with Crippen LogP contribution in [0, 0.1) is 6.92 Å². The Morgan fingerprint density at radius 1 is 1.30 bits per heavy atom. The Labute approximate surface area is 121 Å². The molecule has 1 aliphatic rings. The molecular weight excluding hydrogens is 246 g/mol. The quantitative estimate of drug-likeness (QED) is 0.817. The molecule has 3 rings (SSSR count). The summed E-state index contributed by atoms with van der Waals surface area (Å²) in [6.07, 6.45) is 9.50. The lowest BCUT2D eigenvalue weighted by Gasteiger charge is -2.37. The maximum absolute atomic E-state index is 4.06. The molecule has 0 amide bonds. The maximum atomic E-state index is 4.06. The summed E-state index contributed by atoms with van der Waals surface area (Å²) in [6.45, 7) is 4.38. The SMILES string of the molecule is Cc1ccccc1C1CC(NCCCn2ccnc2)C1. The Bertz CT molecular complexity index is 527. The average molecular weight is 269 g/mol. The van der Waals surface area contributed by atoms with Crippen molar-refractivity contribution in [1.29, 1.82) is 0 Å². The van der Waals surface area contributed by atoms with Crippen molar-refractivity contribution >= 4 is 0 Å². The molecule has 0 unspecified atom stereocenters. The Kier molecular flexibility index (Phi) is 4.16. The van der Waals surface area contributed by atoms with Crippen LogP contribution < -0.4 is 5.32 Å². The van der Waals surface area contributed by atoms with E-state index in [0.717, 1.165) is 19.0 Å². The van der Waals surface area contributed by atoms with E-state index in [9.17, 15) is 0 Å². The van der Waals surface area contributed by atoms with Crippen LogP contribution in [-0.4, -0.2) is 22.1 Å². The normalized spacial score (nSPS) is 21.6. The lowest BCUT2D eigenvalue weighted by atomic mass is 9.74. The summed E-state index contributed by atoms with van der Waals surface area (Å²) < 4.78 is 2.14. The Balaban J connectivity index is 1.35. The van der Waals surface area contributed by atoms with Crippen LogP contribution in [0.15, 0.2) is 43.0 Å². The van der Waals surface area contributed by atoms with Gasteiger partial charge in [-0.25, -0.2) is 4.98 Å². The zero-order chi connectivity index (χ0) is 13.8. The molecule has 2 aromatic rings. The van der Waals surface area contributed by atoms with Gasteiger partial charge in [0.15, 0.2) is 0 Å². The second kappa shape index (κ2) is 6.23. The first-order valence-corrected chi connectivity index (χ1v) is 7.57. The third-order valence-electron chi connectivity index (χ3n) is 4.35. The zero-order valence-electron chi connectivity index (χ0n) is 12.1. The number of nitrogens with zero attached hydrogens (tertiary/aromatic N) is 2. The third-order valence-corrected chi connectivity index (χ3v) is 4.35. The number of hydrogen-bond donors (Lipinski definition) is 1. The van der Waals surface area contributed by atoms with Crippen LogP contribution in [0.1, 0.15) is 36.3 Å². The summed E-state index contributed by atoms with van der Waals surface area (Å²) in [5, 5.41) is 3.67. The minimum atomic E-state index is 0.711. The number of hydrogen-bond acceptors (Lipinski definition) is 2. The van der Waals surface area contributed by atoms with Crippen molar-refractivity contribution in [1.82, 2.24) is 14.9 Å². The molecule has 1 aromatic carbocycles. The summed E-state index contributed by atoms with van der Waals surface area (Å²) in [7, 11) is 0. The average Bonchev–Trinajstić information content (AvgIpc) is 2.91. The van der Waals surface area contributed by atoms with Gasteiger partial charge >= 0.3 is 0 Å². The van der Waals surface area contributed by atoms with Crippen molar-refractivity contribution in [3.05, 3.63) is 54.1 Å². The first-order valence-electron chi connectivity index (χ1n) is 7.57. The van der Waals surface area contributed by atoms with E-state index in [4.69, 9.17) is 0 Å². The van der Waals surface area contributed by atoms with Crippen molar-refractivity contribution in [2.75, 3.05) is 6.54 Å². The van der Waals surface area contributed by atoms with Gasteiger partial charge in [0.05, 0.1) is 6.33 Å². The van der Waals surface area contributed by atoms with Crippen molar-refractivity contribution in [3.63, 3.8) is 0 Å². The summed E-state index contributed by atoms with van der Waals surface area (Å²) in [6, 6.07) is 9.51. The lowest BCUT2D eigenvalue weighted by Crippen LogP contribution is -2.40. The molecule has 3 nitrogen and oxygen atoms in total. The Morgan fingerprint density at radius 3 is 2.90 bits per heavy atom. The molecule has 1 saturated carbocycles. The van der Waals surface area contributed by atoms with Crippen LogP contribution in [0.25, 0.3) is 0 Å². The molecule has 3 heteroatoms. The molecule has 1 N–H and O–H groups in total. The van der Waals surface area contributed by atoms with Gasteiger partial charge in [0, 0.05) is 25.0 Å². The number of nitrogens with one attached hydrogen (secondary N) is 1. The molecule has 106 valence electrons. The number of aromatic nitrogens is 2. The molecule has 1 fully saturated rings. The van der Waals surface area contributed by atoms with E-state index in [1.54, 1.807) is 5.56 Å². The van der Waals surface area contributed by atoms with Crippen molar-refractivity contribution in [2.45, 2.75) is 44.7 Å². The maximum Gasteiger partial charge on any atom is 0.0945 e. The third kappa shape index (κ3) is 3.10. The van der Waals surface area contributed by atoms with Crippen LogP contribution in [0.4, 0.5) is 0 Å². The van der Waals surface area contributed by atoms with Crippen LogP contribution >= 0.6 is 0 Å². The van der Waals surface area contributed by atoms with E-state index in [-0.39, 0.29) is 0 Å². The highest BCUT2D eigenvalue weighted by atomic mass is 15.0. The van der Waals surface area contributed by atoms with E-state index in [1.807, 2.05) is 18.7 Å². The van der Waals surface area contributed by atoms with Crippen molar-refractivity contribution in [2.24, 2.45) is 0 Å². The molecule has 0 bridgehead atoms. The van der Waals surface area contributed by atoms with Crippen molar-refractivity contribution < 1.29 is 0 Å². The van der Waals surface area contributed by atoms with Gasteiger partial charge in [0.1, 0.15) is 0 Å². The second-order valence-electron chi connectivity index (χ2n) is 5.83. The molecule has 20 heavy (non-hydrogen) atoms. The summed E-state index contributed by atoms with van der Waals surface area (Å²) in [5.41, 5.74) is 2.99. The second-order valence-corrected chi connectivity index (χ2v) is 5.83. The predicted molar refractivity (Wildman–Crippen MR) is 81.8 cm³/mol. The number of rotatable bonds is 6. The number of imidazole rings is 1. The van der Waals surface area contributed by atoms with Gasteiger partial charge in [-0.05, 0) is 49.8 Å². The monoisotopic (exact) mass is 269 g/mol. The highest BCUT2D eigenvalue weighted by Crippen LogP contribution is 2.38. The van der Waals surface area contributed by atoms with Gasteiger partial charge in [0.2, 0.25) is 0 Å². The minimum Gasteiger partial charge on any atom is -0.337 e. The molecule has 1 aliphatic carbocycles. The van der Waals surface area contributed by atoms with Gasteiger partial charge in [-0.2, -0.15) is 0 Å². The fraction of sp³-hybridized carbons (Fsp3) is 0.471. The van der Waals surface area contributed by atoms with Crippen LogP contribution in [0.2, 0.25) is 0 Å². The highest BCUT2D eigenvalue weighted by Gasteiger charge is 2.30. The fourth-order valence-electron chi connectivity index (χ4n) is 3.07. The summed E-state index contributed by atoms with van der Waals surface area (Å²) >= 11 is 0. The van der Waals surface area contributed by atoms with Gasteiger partial charge in [-0.3, -0.25) is 0 Å². The van der Waals surface area contributed by atoms with Crippen LogP contribution in [-0.2, 0) is 6.54 Å². The van der Waals surface area contributed by atoms with E-state index in [2.05, 4.69) is 46.1 Å². The van der Waals surface area contributed by atoms with Crippen LogP contribution in [0.3, 0.4) is 0 Å². The smallest absolute Gasteiger partial charge is 0.0945 e. The van der Waals surface area contributed by atoms with Gasteiger partial charge in [-0.1, -0.05) is 24.3 Å². The largest absolute Gasteiger partial charge is 0.337 e. The number of benzene rings is 1. The molecule has 0 aliphatic heterocycles. The first kappa shape index (κ1) is 13.4. The molecule has 0 atom stereocenters. The standard InChI is InChI=1S/C17H23N3/c1-14-5-2-3-6-17(14)15-11-16(12-15)19-7-4-9-20-10-8-18-13-20/h2-3,5-6,8,10,13,15-16,19H,4,7,9,11-12H2,1H3. The minimum absolute atomic E-state index is 0.711. The molecule has 0 spiro atoms. The summed E-state index contributed by atoms with van der Waals surface area (Å²) in [4.78, 5) is 4.06. The Morgan fingerprint density at radius 2 is 2.15 bits per heavy atom. The predicted octanol–water partition coefficient (Wildman–Crippen LogP) is 3.12. The topological polar surface area (TPSA) is 29.9 Å². The molecule has 1 heterocycles. The lowest BCUT2D eigenvalue weighted by molar-refractivity contribution is 0.288. The first-order chi connectivity index (χ1) is 9.83. The zero-order valence-corrected chi connectivity index (χ0v) is 12.1. The molecule has 0 saturated heterocycles. The van der Waals surface area contributed by atoms with E-state index >= 15 is 0 Å². The van der Waals surface area contributed by atoms with Crippen LogP contribution in [0.5, 0.6) is 0 Å². The summed E-state index contributed by atoms with van der Waals surface area (Å²) in [5.74, 6) is 0.766. The van der Waals surface area contributed by atoms with E-state index < -0.39 is 0 Å². The van der Waals surface area contributed by atoms with E-state index in [1.165, 1.54) is 24.8 Å². The van der Waals surface area contributed by atoms with Gasteiger partial charge < -0.3 is 9.88 Å². The highest BCUT2D eigenvalue weighted by molar-refractivity contribution is 5.31. The molecule has 1 aromatic heterocycles. The van der Waals surface area contributed by atoms with Crippen molar-refractivity contribution in [3.8, 4) is 0 Å². The Hall–Kier alpha value is -1.61. The number of aryl methyl sites for hydroxylation is 2.